The topological polar surface area (TPSA) is 104 Å². The minimum absolute atomic E-state index is 0.0184. The molecule has 152 valence electrons. The normalized spacial score (nSPS) is 12.4. The number of hydrogen-bond donors (Lipinski definition) is 3. The summed E-state index contributed by atoms with van der Waals surface area (Å²) in [6.07, 6.45) is 0. The Balaban J connectivity index is 1.77. The van der Waals surface area contributed by atoms with Crippen LogP contribution in [0.3, 0.4) is 0 Å². The summed E-state index contributed by atoms with van der Waals surface area (Å²) in [5.74, 6) is -0.401. The third kappa shape index (κ3) is 4.83. The van der Waals surface area contributed by atoms with Crippen LogP contribution < -0.4 is 10.0 Å². The average Bonchev–Trinajstić information content (AvgIpc) is 3.10. The molecule has 7 nitrogen and oxygen atoms in total. The Hall–Kier alpha value is -3.13. The minimum Gasteiger partial charge on any atom is -0.351 e. The second kappa shape index (κ2) is 8.48. The van der Waals surface area contributed by atoms with Gasteiger partial charge in [-0.15, -0.1) is 0 Å². The molecule has 0 bridgehead atoms. The number of rotatable bonds is 7. The number of sulfonamides is 1. The highest BCUT2D eigenvalue weighted by Crippen LogP contribution is 2.21. The Labute approximate surface area is 170 Å². The van der Waals surface area contributed by atoms with Crippen molar-refractivity contribution in [2.45, 2.75) is 31.7 Å². The van der Waals surface area contributed by atoms with Gasteiger partial charge >= 0.3 is 0 Å². The molecular weight excluding hydrogens is 388 g/mol. The van der Waals surface area contributed by atoms with Gasteiger partial charge in [-0.25, -0.2) is 0 Å². The molecule has 3 rings (SSSR count). The summed E-state index contributed by atoms with van der Waals surface area (Å²) in [5, 5.41) is 8.98. The lowest BCUT2D eigenvalue weighted by atomic mass is 10.0. The summed E-state index contributed by atoms with van der Waals surface area (Å²) in [7, 11) is -4.02. The van der Waals surface area contributed by atoms with Gasteiger partial charge in [0, 0.05) is 17.9 Å². The Morgan fingerprint density at radius 1 is 1.07 bits per heavy atom. The third-order valence-electron chi connectivity index (χ3n) is 4.64. The lowest BCUT2D eigenvalue weighted by Crippen LogP contribution is -2.29. The summed E-state index contributed by atoms with van der Waals surface area (Å²) in [4.78, 5) is 12.8. The van der Waals surface area contributed by atoms with Crippen LogP contribution in [0.25, 0.3) is 0 Å². The molecule has 0 aliphatic heterocycles. The lowest BCUT2D eigenvalue weighted by Gasteiger charge is -2.13. The van der Waals surface area contributed by atoms with Crippen molar-refractivity contribution in [3.05, 3.63) is 77.0 Å². The van der Waals surface area contributed by atoms with Crippen molar-refractivity contribution in [1.82, 2.24) is 15.5 Å². The van der Waals surface area contributed by atoms with E-state index in [4.69, 9.17) is 0 Å². The molecule has 0 unspecified atom stereocenters. The SMILES string of the molecule is Cc1ccc(NS(=O)(=O)c2n[nH]c(C)c2C(=O)NC[C@H](C)c2ccccc2)cc1. The molecule has 1 aromatic heterocycles. The fourth-order valence-corrected chi connectivity index (χ4v) is 4.15. The Morgan fingerprint density at radius 2 is 1.72 bits per heavy atom. The Bertz CT molecular complexity index is 1090. The van der Waals surface area contributed by atoms with Crippen LogP contribution in [0.4, 0.5) is 5.69 Å². The van der Waals surface area contributed by atoms with E-state index in [0.29, 0.717) is 17.9 Å². The molecule has 0 saturated heterocycles. The summed E-state index contributed by atoms with van der Waals surface area (Å²) >= 11 is 0. The third-order valence-corrected chi connectivity index (χ3v) is 5.95. The highest BCUT2D eigenvalue weighted by atomic mass is 32.2. The number of amides is 1. The lowest BCUT2D eigenvalue weighted by molar-refractivity contribution is 0.0947. The molecule has 0 spiro atoms. The molecule has 1 amide bonds. The first-order chi connectivity index (χ1) is 13.8. The first kappa shape index (κ1) is 20.6. The van der Waals surface area contributed by atoms with Crippen LogP contribution in [0, 0.1) is 13.8 Å². The number of nitrogens with one attached hydrogen (secondary N) is 3. The molecule has 2 aromatic carbocycles. The van der Waals surface area contributed by atoms with Gasteiger partial charge in [-0.05, 0) is 37.5 Å². The minimum atomic E-state index is -4.02. The maximum absolute atomic E-state index is 12.8. The van der Waals surface area contributed by atoms with Crippen molar-refractivity contribution in [3.8, 4) is 0 Å². The number of aryl methyl sites for hydroxylation is 2. The molecule has 0 aliphatic rings. The number of benzene rings is 2. The molecule has 29 heavy (non-hydrogen) atoms. The average molecular weight is 413 g/mol. The second-order valence-corrected chi connectivity index (χ2v) is 8.62. The van der Waals surface area contributed by atoms with Crippen LogP contribution in [-0.2, 0) is 10.0 Å². The highest BCUT2D eigenvalue weighted by Gasteiger charge is 2.28. The van der Waals surface area contributed by atoms with Crippen molar-refractivity contribution < 1.29 is 13.2 Å². The van der Waals surface area contributed by atoms with Crippen LogP contribution >= 0.6 is 0 Å². The van der Waals surface area contributed by atoms with Gasteiger partial charge in [-0.2, -0.15) is 13.5 Å². The zero-order valence-electron chi connectivity index (χ0n) is 16.6. The first-order valence-corrected chi connectivity index (χ1v) is 10.7. The molecule has 3 aromatic rings. The predicted octanol–water partition coefficient (Wildman–Crippen LogP) is 3.36. The van der Waals surface area contributed by atoms with Gasteiger partial charge in [-0.1, -0.05) is 55.0 Å². The van der Waals surface area contributed by atoms with Crippen LogP contribution in [0.5, 0.6) is 0 Å². The summed E-state index contributed by atoms with van der Waals surface area (Å²) in [6, 6.07) is 16.7. The smallest absolute Gasteiger partial charge is 0.282 e. The standard InChI is InChI=1S/C21H24N4O3S/c1-14-9-11-18(12-10-14)25-29(27,28)21-19(16(3)23-24-21)20(26)22-13-15(2)17-7-5-4-6-8-17/h4-12,15,25H,13H2,1-3H3,(H,22,26)(H,23,24)/t15-/m0/s1. The summed E-state index contributed by atoms with van der Waals surface area (Å²) in [5.41, 5.74) is 2.91. The molecule has 0 radical (unpaired) electrons. The van der Waals surface area contributed by atoms with Crippen molar-refractivity contribution in [1.29, 1.82) is 0 Å². The quantitative estimate of drug-likeness (QED) is 0.553. The molecule has 1 atom stereocenters. The van der Waals surface area contributed by atoms with Crippen LogP contribution in [-0.4, -0.2) is 31.1 Å². The van der Waals surface area contributed by atoms with Gasteiger partial charge in [0.1, 0.15) is 5.56 Å². The van der Waals surface area contributed by atoms with E-state index in [9.17, 15) is 13.2 Å². The molecule has 0 aliphatic carbocycles. The zero-order valence-corrected chi connectivity index (χ0v) is 17.4. The van der Waals surface area contributed by atoms with Crippen molar-refractivity contribution in [3.63, 3.8) is 0 Å². The van der Waals surface area contributed by atoms with Crippen molar-refractivity contribution in [2.24, 2.45) is 0 Å². The number of aromatic nitrogens is 2. The summed E-state index contributed by atoms with van der Waals surface area (Å²) < 4.78 is 28.1. The van der Waals surface area contributed by atoms with E-state index in [0.717, 1.165) is 11.1 Å². The van der Waals surface area contributed by atoms with E-state index in [2.05, 4.69) is 20.2 Å². The van der Waals surface area contributed by atoms with E-state index in [1.165, 1.54) is 0 Å². The van der Waals surface area contributed by atoms with Gasteiger partial charge in [0.05, 0.1) is 0 Å². The van der Waals surface area contributed by atoms with Gasteiger partial charge in [0.15, 0.2) is 0 Å². The van der Waals surface area contributed by atoms with E-state index in [1.807, 2.05) is 44.2 Å². The zero-order chi connectivity index (χ0) is 21.0. The van der Waals surface area contributed by atoms with Gasteiger partial charge < -0.3 is 5.32 Å². The van der Waals surface area contributed by atoms with E-state index in [1.54, 1.807) is 31.2 Å². The molecule has 0 saturated carbocycles. The number of carbonyl (C=O) groups is 1. The highest BCUT2D eigenvalue weighted by molar-refractivity contribution is 7.92. The van der Waals surface area contributed by atoms with Crippen LogP contribution in [0.15, 0.2) is 59.6 Å². The van der Waals surface area contributed by atoms with E-state index >= 15 is 0 Å². The van der Waals surface area contributed by atoms with Crippen LogP contribution in [0.2, 0.25) is 0 Å². The molecule has 8 heteroatoms. The fourth-order valence-electron chi connectivity index (χ4n) is 2.93. The fraction of sp³-hybridized carbons (Fsp3) is 0.238. The Morgan fingerprint density at radius 3 is 2.38 bits per heavy atom. The molecule has 0 fully saturated rings. The van der Waals surface area contributed by atoms with Gasteiger partial charge in [0.2, 0.25) is 5.03 Å². The number of anilines is 1. The monoisotopic (exact) mass is 412 g/mol. The maximum atomic E-state index is 12.8. The van der Waals surface area contributed by atoms with Crippen LogP contribution in [0.1, 0.15) is 40.0 Å². The number of H-pyrrole nitrogens is 1. The van der Waals surface area contributed by atoms with Gasteiger partial charge in [0.25, 0.3) is 15.9 Å². The predicted molar refractivity (Wildman–Crippen MR) is 113 cm³/mol. The number of nitrogens with zero attached hydrogens (tertiary/aromatic N) is 1. The molecular formula is C21H24N4O3S. The van der Waals surface area contributed by atoms with Crippen molar-refractivity contribution in [2.75, 3.05) is 11.3 Å². The molecule has 1 heterocycles. The Kier molecular flexibility index (Phi) is 6.03. The maximum Gasteiger partial charge on any atom is 0.282 e. The summed E-state index contributed by atoms with van der Waals surface area (Å²) in [6.45, 7) is 5.90. The largest absolute Gasteiger partial charge is 0.351 e. The van der Waals surface area contributed by atoms with Gasteiger partial charge in [-0.3, -0.25) is 14.6 Å². The molecule has 3 N–H and O–H groups in total. The van der Waals surface area contributed by atoms with Crippen molar-refractivity contribution >= 4 is 21.6 Å². The number of hydrogen-bond acceptors (Lipinski definition) is 4. The van der Waals surface area contributed by atoms with E-state index in [-0.39, 0.29) is 16.5 Å². The number of aromatic amines is 1. The van der Waals surface area contributed by atoms with E-state index < -0.39 is 15.9 Å². The number of carbonyl (C=O) groups excluding carboxylic acids is 1. The second-order valence-electron chi connectivity index (χ2n) is 7.02. The first-order valence-electron chi connectivity index (χ1n) is 9.25.